The van der Waals surface area contributed by atoms with E-state index in [0.29, 0.717) is 6.42 Å². The predicted octanol–water partition coefficient (Wildman–Crippen LogP) is 0.0309. The number of H-pyrrole nitrogens is 1. The molecule has 8 heteroatoms. The van der Waals surface area contributed by atoms with Crippen LogP contribution in [0, 0.1) is 5.41 Å². The average Bonchev–Trinajstić information content (AvgIpc) is 3.30. The van der Waals surface area contributed by atoms with E-state index >= 15 is 0 Å². The van der Waals surface area contributed by atoms with Crippen LogP contribution in [-0.2, 0) is 11.8 Å². The minimum atomic E-state index is -0.641. The normalized spacial score (nSPS) is 24.4. The van der Waals surface area contributed by atoms with Crippen molar-refractivity contribution in [2.24, 2.45) is 12.5 Å². The minimum absolute atomic E-state index is 0.0499. The van der Waals surface area contributed by atoms with Gasteiger partial charge in [-0.2, -0.15) is 0 Å². The molecular formula is C17H24N4O4. The molecule has 2 fully saturated rings. The second-order valence-corrected chi connectivity index (χ2v) is 7.39. The standard InChI is InChI=1S/C17H24N4O4/c1-17(6-4-3-5-7-17)15(24)20-12-8-11(12)19-13(22)10-9-18-16(25)21(2)14(10)23/h9,11-12H,3-8H2,1-2H3,(H,18,25)(H,19,22)(H,20,24)/t11-,12-/m0/s1. The lowest BCUT2D eigenvalue weighted by molar-refractivity contribution is -0.132. The number of nitrogens with one attached hydrogen (secondary N) is 3. The summed E-state index contributed by atoms with van der Waals surface area (Å²) in [5, 5.41) is 5.75. The molecule has 2 aliphatic carbocycles. The van der Waals surface area contributed by atoms with E-state index < -0.39 is 17.2 Å². The highest BCUT2D eigenvalue weighted by Gasteiger charge is 2.43. The molecule has 0 radical (unpaired) electrons. The fourth-order valence-corrected chi connectivity index (χ4v) is 3.39. The van der Waals surface area contributed by atoms with Crippen LogP contribution in [0.15, 0.2) is 15.8 Å². The molecule has 136 valence electrons. The maximum absolute atomic E-state index is 12.5. The Labute approximate surface area is 145 Å². The van der Waals surface area contributed by atoms with Gasteiger partial charge in [0.2, 0.25) is 5.91 Å². The van der Waals surface area contributed by atoms with Gasteiger partial charge in [0.1, 0.15) is 5.56 Å². The van der Waals surface area contributed by atoms with Gasteiger partial charge in [-0.05, 0) is 19.3 Å². The molecule has 0 bridgehead atoms. The molecule has 0 unspecified atom stereocenters. The van der Waals surface area contributed by atoms with Crippen molar-refractivity contribution < 1.29 is 9.59 Å². The van der Waals surface area contributed by atoms with Crippen LogP contribution in [0.5, 0.6) is 0 Å². The zero-order valence-electron chi connectivity index (χ0n) is 14.6. The van der Waals surface area contributed by atoms with Gasteiger partial charge in [0, 0.05) is 18.7 Å². The third kappa shape index (κ3) is 3.52. The van der Waals surface area contributed by atoms with Crippen molar-refractivity contribution in [1.82, 2.24) is 20.2 Å². The van der Waals surface area contributed by atoms with Crippen molar-refractivity contribution >= 4 is 11.8 Å². The molecule has 2 saturated carbocycles. The Bertz CT molecular complexity index is 804. The fourth-order valence-electron chi connectivity index (χ4n) is 3.39. The highest BCUT2D eigenvalue weighted by molar-refractivity contribution is 5.94. The maximum Gasteiger partial charge on any atom is 0.328 e. The number of nitrogens with zero attached hydrogens (tertiary/aromatic N) is 1. The lowest BCUT2D eigenvalue weighted by Gasteiger charge is -2.32. The van der Waals surface area contributed by atoms with E-state index in [1.165, 1.54) is 13.5 Å². The minimum Gasteiger partial charge on any atom is -0.351 e. The number of rotatable bonds is 4. The lowest BCUT2D eigenvalue weighted by atomic mass is 9.75. The maximum atomic E-state index is 12.5. The summed E-state index contributed by atoms with van der Waals surface area (Å²) in [4.78, 5) is 50.3. The zero-order chi connectivity index (χ0) is 18.2. The van der Waals surface area contributed by atoms with Gasteiger partial charge in [-0.3, -0.25) is 19.0 Å². The van der Waals surface area contributed by atoms with E-state index in [0.717, 1.165) is 36.4 Å². The summed E-state index contributed by atoms with van der Waals surface area (Å²) in [6.07, 6.45) is 6.90. The van der Waals surface area contributed by atoms with Crippen LogP contribution >= 0.6 is 0 Å². The molecule has 2 atom stereocenters. The molecule has 0 spiro atoms. The Balaban J connectivity index is 1.57. The summed E-state index contributed by atoms with van der Waals surface area (Å²) in [5.41, 5.74) is -1.64. The van der Waals surface area contributed by atoms with E-state index in [1.54, 1.807) is 0 Å². The Kier molecular flexibility index (Phi) is 4.53. The number of carbonyl (C=O) groups excluding carboxylic acids is 2. The van der Waals surface area contributed by atoms with Crippen LogP contribution in [0.25, 0.3) is 0 Å². The van der Waals surface area contributed by atoms with Crippen LogP contribution < -0.4 is 21.9 Å². The largest absolute Gasteiger partial charge is 0.351 e. The van der Waals surface area contributed by atoms with Crippen molar-refractivity contribution in [2.75, 3.05) is 0 Å². The Hall–Kier alpha value is -2.38. The van der Waals surface area contributed by atoms with Gasteiger partial charge < -0.3 is 15.6 Å². The Morgan fingerprint density at radius 3 is 2.48 bits per heavy atom. The molecule has 1 aromatic rings. The monoisotopic (exact) mass is 348 g/mol. The number of carbonyl (C=O) groups is 2. The van der Waals surface area contributed by atoms with Crippen LogP contribution in [-0.4, -0.2) is 33.4 Å². The molecule has 3 N–H and O–H groups in total. The van der Waals surface area contributed by atoms with Crippen molar-refractivity contribution in [3.05, 3.63) is 32.6 Å². The zero-order valence-corrected chi connectivity index (χ0v) is 14.6. The highest BCUT2D eigenvalue weighted by Crippen LogP contribution is 2.36. The van der Waals surface area contributed by atoms with Gasteiger partial charge >= 0.3 is 5.69 Å². The van der Waals surface area contributed by atoms with Gasteiger partial charge in [-0.1, -0.05) is 26.2 Å². The first-order valence-corrected chi connectivity index (χ1v) is 8.72. The predicted molar refractivity (Wildman–Crippen MR) is 91.3 cm³/mol. The first-order chi connectivity index (χ1) is 11.8. The Morgan fingerprint density at radius 1 is 1.16 bits per heavy atom. The number of hydrogen-bond acceptors (Lipinski definition) is 4. The third-order valence-electron chi connectivity index (χ3n) is 5.35. The van der Waals surface area contributed by atoms with Crippen molar-refractivity contribution in [1.29, 1.82) is 0 Å². The van der Waals surface area contributed by atoms with Crippen molar-refractivity contribution in [3.63, 3.8) is 0 Å². The summed E-state index contributed by atoms with van der Waals surface area (Å²) in [6.45, 7) is 2.00. The molecule has 3 rings (SSSR count). The molecule has 2 aliphatic rings. The average molecular weight is 348 g/mol. The van der Waals surface area contributed by atoms with Crippen LogP contribution in [0.4, 0.5) is 0 Å². The van der Waals surface area contributed by atoms with E-state index in [1.807, 2.05) is 6.92 Å². The molecule has 0 aliphatic heterocycles. The van der Waals surface area contributed by atoms with E-state index in [9.17, 15) is 19.2 Å². The second kappa shape index (κ2) is 6.50. The first-order valence-electron chi connectivity index (χ1n) is 8.72. The smallest absolute Gasteiger partial charge is 0.328 e. The summed E-state index contributed by atoms with van der Waals surface area (Å²) in [6, 6.07) is -0.276. The van der Waals surface area contributed by atoms with Crippen LogP contribution in [0.1, 0.15) is 55.8 Å². The van der Waals surface area contributed by atoms with Gasteiger partial charge in [-0.15, -0.1) is 0 Å². The highest BCUT2D eigenvalue weighted by atomic mass is 16.2. The molecule has 1 aromatic heterocycles. The van der Waals surface area contributed by atoms with Crippen LogP contribution in [0.3, 0.4) is 0 Å². The second-order valence-electron chi connectivity index (χ2n) is 7.39. The van der Waals surface area contributed by atoms with E-state index in [-0.39, 0.29) is 29.0 Å². The van der Waals surface area contributed by atoms with Crippen molar-refractivity contribution in [2.45, 2.75) is 57.5 Å². The molecule has 0 aromatic carbocycles. The number of hydrogen-bond donors (Lipinski definition) is 3. The topological polar surface area (TPSA) is 113 Å². The van der Waals surface area contributed by atoms with Gasteiger partial charge in [0.25, 0.3) is 11.5 Å². The molecule has 1 heterocycles. The number of amides is 2. The first kappa shape index (κ1) is 17.4. The summed E-state index contributed by atoms with van der Waals surface area (Å²) in [7, 11) is 1.31. The molecule has 0 saturated heterocycles. The number of aromatic amines is 1. The molecule has 25 heavy (non-hydrogen) atoms. The van der Waals surface area contributed by atoms with E-state index in [2.05, 4.69) is 15.6 Å². The van der Waals surface area contributed by atoms with E-state index in [4.69, 9.17) is 0 Å². The van der Waals surface area contributed by atoms with Crippen molar-refractivity contribution in [3.8, 4) is 0 Å². The van der Waals surface area contributed by atoms with Crippen LogP contribution in [0.2, 0.25) is 0 Å². The quantitative estimate of drug-likeness (QED) is 0.712. The Morgan fingerprint density at radius 2 is 1.80 bits per heavy atom. The summed E-state index contributed by atoms with van der Waals surface area (Å²) in [5.74, 6) is -0.489. The summed E-state index contributed by atoms with van der Waals surface area (Å²) >= 11 is 0. The fraction of sp³-hybridized carbons (Fsp3) is 0.647. The molecule has 8 nitrogen and oxygen atoms in total. The van der Waals surface area contributed by atoms with Gasteiger partial charge in [-0.25, -0.2) is 4.79 Å². The van der Waals surface area contributed by atoms with Gasteiger partial charge in [0.15, 0.2) is 0 Å². The third-order valence-corrected chi connectivity index (χ3v) is 5.35. The number of aromatic nitrogens is 2. The molecule has 2 amide bonds. The van der Waals surface area contributed by atoms with Gasteiger partial charge in [0.05, 0.1) is 12.1 Å². The SMILES string of the molecule is Cn1c(=O)[nH]cc(C(=O)N[C@H]2C[C@@H]2NC(=O)C2(C)CCCCC2)c1=O. The molecular weight excluding hydrogens is 324 g/mol. The lowest BCUT2D eigenvalue weighted by Crippen LogP contribution is -2.44. The summed E-state index contributed by atoms with van der Waals surface area (Å²) < 4.78 is 0.852.